The molecule has 4 unspecified atom stereocenters. The summed E-state index contributed by atoms with van der Waals surface area (Å²) in [4.78, 5) is 31.3. The van der Waals surface area contributed by atoms with Crippen molar-refractivity contribution < 1.29 is 23.8 Å². The summed E-state index contributed by atoms with van der Waals surface area (Å²) in [6, 6.07) is 6.11. The number of rotatable bonds is 6. The van der Waals surface area contributed by atoms with Crippen LogP contribution in [0.1, 0.15) is 44.4 Å². The number of fused-ring (bicyclic) bond motifs is 4. The standard InChI is InChI=1S/C25H32N2O5/c1-4-31-24(29)25-13-16-11-17(8-10-32-15(2)28)23(25)27(14-16)9-7-19-20-12-18(30-3)5-6-21(20)26-22(19)25/h5-6,12,16-17,23,26H,4,7-11,13-14H2,1-3H3/t16-,17?,23?,25?/m1/s1. The molecule has 4 heterocycles. The Hall–Kier alpha value is -2.54. The van der Waals surface area contributed by atoms with Gasteiger partial charge in [0.25, 0.3) is 0 Å². The number of ether oxygens (including phenoxy) is 3. The van der Waals surface area contributed by atoms with Gasteiger partial charge in [0.1, 0.15) is 11.2 Å². The first-order chi connectivity index (χ1) is 15.5. The molecule has 1 saturated carbocycles. The van der Waals surface area contributed by atoms with Crippen molar-refractivity contribution in [3.63, 3.8) is 0 Å². The third-order valence-corrected chi connectivity index (χ3v) is 7.73. The van der Waals surface area contributed by atoms with Crippen molar-refractivity contribution in [1.29, 1.82) is 0 Å². The molecular weight excluding hydrogens is 408 g/mol. The predicted octanol–water partition coefficient (Wildman–Crippen LogP) is 3.20. The molecule has 3 fully saturated rings. The van der Waals surface area contributed by atoms with E-state index in [0.29, 0.717) is 19.1 Å². The van der Waals surface area contributed by atoms with E-state index < -0.39 is 5.41 Å². The number of carbonyl (C=O) groups is 2. The average molecular weight is 441 g/mol. The third kappa shape index (κ3) is 3.20. The third-order valence-electron chi connectivity index (χ3n) is 7.73. The quantitative estimate of drug-likeness (QED) is 0.695. The van der Waals surface area contributed by atoms with Crippen LogP contribution in [-0.4, -0.2) is 61.3 Å². The van der Waals surface area contributed by atoms with E-state index in [-0.39, 0.29) is 23.9 Å². The molecule has 32 heavy (non-hydrogen) atoms. The van der Waals surface area contributed by atoms with Crippen LogP contribution in [0.5, 0.6) is 5.75 Å². The zero-order chi connectivity index (χ0) is 22.5. The molecule has 172 valence electrons. The van der Waals surface area contributed by atoms with Crippen molar-refractivity contribution in [2.24, 2.45) is 11.8 Å². The molecule has 3 aliphatic heterocycles. The van der Waals surface area contributed by atoms with E-state index in [1.165, 1.54) is 12.5 Å². The topological polar surface area (TPSA) is 80.9 Å². The number of aromatic nitrogens is 1. The fourth-order valence-electron chi connectivity index (χ4n) is 6.74. The highest BCUT2D eigenvalue weighted by Gasteiger charge is 2.63. The van der Waals surface area contributed by atoms with Gasteiger partial charge in [0.15, 0.2) is 0 Å². The van der Waals surface area contributed by atoms with Gasteiger partial charge >= 0.3 is 11.9 Å². The highest BCUT2D eigenvalue weighted by Crippen LogP contribution is 2.55. The summed E-state index contributed by atoms with van der Waals surface area (Å²) >= 11 is 0. The Morgan fingerprint density at radius 3 is 2.88 bits per heavy atom. The molecule has 0 radical (unpaired) electrons. The maximum Gasteiger partial charge on any atom is 0.319 e. The van der Waals surface area contributed by atoms with E-state index >= 15 is 0 Å². The normalized spacial score (nSPS) is 30.5. The zero-order valence-electron chi connectivity index (χ0n) is 19.1. The van der Waals surface area contributed by atoms with Crippen molar-refractivity contribution in [2.45, 2.75) is 51.0 Å². The van der Waals surface area contributed by atoms with Crippen LogP contribution in [0, 0.1) is 11.8 Å². The summed E-state index contributed by atoms with van der Waals surface area (Å²) in [7, 11) is 1.68. The van der Waals surface area contributed by atoms with Crippen LogP contribution < -0.4 is 4.74 Å². The number of aromatic amines is 1. The van der Waals surface area contributed by atoms with Gasteiger partial charge in [-0.25, -0.2) is 0 Å². The molecule has 5 atom stereocenters. The fourth-order valence-corrected chi connectivity index (χ4v) is 6.74. The first-order valence-corrected chi connectivity index (χ1v) is 11.7. The van der Waals surface area contributed by atoms with Gasteiger partial charge < -0.3 is 19.2 Å². The molecule has 0 amide bonds. The van der Waals surface area contributed by atoms with E-state index in [1.807, 2.05) is 19.1 Å². The van der Waals surface area contributed by atoms with Gasteiger partial charge in [-0.15, -0.1) is 0 Å². The maximum absolute atomic E-state index is 13.8. The minimum atomic E-state index is -0.726. The number of hydrogen-bond donors (Lipinski definition) is 1. The van der Waals surface area contributed by atoms with Crippen molar-refractivity contribution in [3.05, 3.63) is 29.5 Å². The number of nitrogens with zero attached hydrogens (tertiary/aromatic N) is 1. The SMILES string of the molecule is CCOC(=O)C12C[C@H]3CC(CCOC(C)=O)C1N(CCc1c2[nH]c2ccc(OC)cc12)C3. The van der Waals surface area contributed by atoms with Crippen LogP contribution in [0.3, 0.4) is 0 Å². The molecule has 1 aliphatic carbocycles. The minimum Gasteiger partial charge on any atom is -0.497 e. The number of esters is 2. The predicted molar refractivity (Wildman–Crippen MR) is 120 cm³/mol. The van der Waals surface area contributed by atoms with Crippen LogP contribution in [0.2, 0.25) is 0 Å². The van der Waals surface area contributed by atoms with Gasteiger partial charge in [-0.2, -0.15) is 0 Å². The number of benzene rings is 1. The molecule has 1 aromatic carbocycles. The summed E-state index contributed by atoms with van der Waals surface area (Å²) in [5, 5.41) is 1.13. The number of hydrogen-bond acceptors (Lipinski definition) is 6. The Bertz CT molecular complexity index is 1050. The Labute approximate surface area is 188 Å². The molecule has 4 bridgehead atoms. The largest absolute Gasteiger partial charge is 0.497 e. The lowest BCUT2D eigenvalue weighted by atomic mass is 9.56. The summed E-state index contributed by atoms with van der Waals surface area (Å²) in [5.74, 6) is 1.13. The first-order valence-electron chi connectivity index (χ1n) is 11.7. The summed E-state index contributed by atoms with van der Waals surface area (Å²) in [6.45, 7) is 6.00. The Kier molecular flexibility index (Phi) is 5.40. The van der Waals surface area contributed by atoms with Crippen LogP contribution in [0.25, 0.3) is 10.9 Å². The Morgan fingerprint density at radius 1 is 1.28 bits per heavy atom. The monoisotopic (exact) mass is 440 g/mol. The molecule has 4 aliphatic rings. The second-order valence-electron chi connectivity index (χ2n) is 9.47. The number of carbonyl (C=O) groups excluding carboxylic acids is 2. The second-order valence-corrected chi connectivity index (χ2v) is 9.47. The van der Waals surface area contributed by atoms with Gasteiger partial charge in [0.05, 0.1) is 20.3 Å². The molecule has 1 N–H and O–H groups in total. The van der Waals surface area contributed by atoms with Crippen LogP contribution in [0.15, 0.2) is 18.2 Å². The van der Waals surface area contributed by atoms with Crippen LogP contribution in [0.4, 0.5) is 0 Å². The van der Waals surface area contributed by atoms with Gasteiger partial charge in [-0.3, -0.25) is 14.5 Å². The summed E-state index contributed by atoms with van der Waals surface area (Å²) < 4.78 is 16.5. The summed E-state index contributed by atoms with van der Waals surface area (Å²) in [6.07, 6.45) is 3.51. The average Bonchev–Trinajstić information content (AvgIpc) is 3.11. The zero-order valence-corrected chi connectivity index (χ0v) is 19.1. The van der Waals surface area contributed by atoms with Crippen LogP contribution >= 0.6 is 0 Å². The highest BCUT2D eigenvalue weighted by molar-refractivity contribution is 5.92. The lowest BCUT2D eigenvalue weighted by molar-refractivity contribution is -0.166. The number of piperidine rings is 2. The lowest BCUT2D eigenvalue weighted by Gasteiger charge is -2.58. The van der Waals surface area contributed by atoms with Gasteiger partial charge in [0, 0.05) is 42.7 Å². The minimum absolute atomic E-state index is 0.0401. The lowest BCUT2D eigenvalue weighted by Crippen LogP contribution is -2.67. The van der Waals surface area contributed by atoms with E-state index in [0.717, 1.165) is 61.1 Å². The fraction of sp³-hybridized carbons (Fsp3) is 0.600. The number of nitrogens with one attached hydrogen (secondary N) is 1. The molecular formula is C25H32N2O5. The number of methoxy groups -OCH3 is 1. The van der Waals surface area contributed by atoms with Crippen LogP contribution in [-0.2, 0) is 30.9 Å². The highest BCUT2D eigenvalue weighted by atomic mass is 16.5. The molecule has 7 heteroatoms. The maximum atomic E-state index is 13.8. The smallest absolute Gasteiger partial charge is 0.319 e. The molecule has 1 aromatic heterocycles. The van der Waals surface area contributed by atoms with Gasteiger partial charge in [-0.05, 0) is 68.2 Å². The Balaban J connectivity index is 1.64. The first kappa shape index (κ1) is 21.3. The molecule has 2 aromatic rings. The second kappa shape index (κ2) is 8.10. The number of H-pyrrole nitrogens is 1. The van der Waals surface area contributed by atoms with Crippen molar-refractivity contribution in [1.82, 2.24) is 9.88 Å². The van der Waals surface area contributed by atoms with E-state index in [9.17, 15) is 9.59 Å². The van der Waals surface area contributed by atoms with Crippen molar-refractivity contribution >= 4 is 22.8 Å². The van der Waals surface area contributed by atoms with E-state index in [1.54, 1.807) is 7.11 Å². The van der Waals surface area contributed by atoms with E-state index in [2.05, 4.69) is 16.0 Å². The van der Waals surface area contributed by atoms with Gasteiger partial charge in [-0.1, -0.05) is 0 Å². The molecule has 0 spiro atoms. The molecule has 6 rings (SSSR count). The van der Waals surface area contributed by atoms with Crippen molar-refractivity contribution in [2.75, 3.05) is 33.4 Å². The van der Waals surface area contributed by atoms with Gasteiger partial charge in [0.2, 0.25) is 0 Å². The Morgan fingerprint density at radius 2 is 2.12 bits per heavy atom. The molecule has 7 nitrogen and oxygen atoms in total. The summed E-state index contributed by atoms with van der Waals surface area (Å²) in [5.41, 5.74) is 2.54. The molecule has 2 saturated heterocycles. The van der Waals surface area contributed by atoms with E-state index in [4.69, 9.17) is 14.2 Å². The van der Waals surface area contributed by atoms with Crippen molar-refractivity contribution in [3.8, 4) is 5.75 Å².